The molecule has 1 aromatic carbocycles. The standard InChI is InChI=1S/C18H22ClFN2O5/c1-10(27-2)17(18(25)26)21-14(23)8-12-6-7-15(24)22(12)9-11-4-3-5-13(19)16(11)20/h3-5,10,12,17H,6-9H2,1-2H3,(H,21,23)(H,25,26)/t10-,12+,17+/m1/s1. The molecule has 2 N–H and O–H groups in total. The third-order valence-corrected chi connectivity index (χ3v) is 4.96. The quantitative estimate of drug-likeness (QED) is 0.695. The number of hydrogen-bond donors (Lipinski definition) is 2. The molecule has 1 fully saturated rings. The summed E-state index contributed by atoms with van der Waals surface area (Å²) in [6, 6.07) is 2.90. The van der Waals surface area contributed by atoms with Gasteiger partial charge in [-0.1, -0.05) is 23.7 Å². The first kappa shape index (κ1) is 21.1. The van der Waals surface area contributed by atoms with Crippen LogP contribution in [0.3, 0.4) is 0 Å². The van der Waals surface area contributed by atoms with Crippen molar-refractivity contribution in [3.8, 4) is 0 Å². The van der Waals surface area contributed by atoms with E-state index < -0.39 is 35.9 Å². The van der Waals surface area contributed by atoms with Crippen molar-refractivity contribution in [2.24, 2.45) is 0 Å². The molecule has 0 aliphatic carbocycles. The van der Waals surface area contributed by atoms with Crippen molar-refractivity contribution in [1.82, 2.24) is 10.2 Å². The number of aliphatic carboxylic acids is 1. The van der Waals surface area contributed by atoms with Crippen LogP contribution in [-0.2, 0) is 25.7 Å². The molecule has 2 amide bonds. The van der Waals surface area contributed by atoms with E-state index in [0.717, 1.165) is 0 Å². The average molecular weight is 401 g/mol. The fraction of sp³-hybridized carbons (Fsp3) is 0.500. The van der Waals surface area contributed by atoms with Crippen LogP contribution in [0.25, 0.3) is 0 Å². The Bertz CT molecular complexity index is 730. The van der Waals surface area contributed by atoms with Crippen molar-refractivity contribution < 1.29 is 28.6 Å². The average Bonchev–Trinajstić information content (AvgIpc) is 2.95. The van der Waals surface area contributed by atoms with Crippen LogP contribution in [0.1, 0.15) is 31.7 Å². The Kier molecular flexibility index (Phi) is 7.15. The molecule has 1 aliphatic rings. The van der Waals surface area contributed by atoms with Gasteiger partial charge < -0.3 is 20.1 Å². The molecule has 0 aromatic heterocycles. The van der Waals surface area contributed by atoms with Gasteiger partial charge in [-0.15, -0.1) is 0 Å². The van der Waals surface area contributed by atoms with Gasteiger partial charge >= 0.3 is 5.97 Å². The highest BCUT2D eigenvalue weighted by Crippen LogP contribution is 2.26. The number of benzene rings is 1. The van der Waals surface area contributed by atoms with Crippen molar-refractivity contribution in [2.45, 2.75) is 50.9 Å². The Labute approximate surface area is 161 Å². The summed E-state index contributed by atoms with van der Waals surface area (Å²) in [6.07, 6.45) is -0.106. The van der Waals surface area contributed by atoms with Crippen molar-refractivity contribution in [1.29, 1.82) is 0 Å². The van der Waals surface area contributed by atoms with Crippen LogP contribution in [0.15, 0.2) is 18.2 Å². The Morgan fingerprint density at radius 3 is 2.81 bits per heavy atom. The molecule has 9 heteroatoms. The van der Waals surface area contributed by atoms with Gasteiger partial charge in [0.25, 0.3) is 0 Å². The molecule has 1 saturated heterocycles. The number of rotatable bonds is 8. The lowest BCUT2D eigenvalue weighted by atomic mass is 10.1. The third-order valence-electron chi connectivity index (χ3n) is 4.67. The minimum absolute atomic E-state index is 0.00000630. The summed E-state index contributed by atoms with van der Waals surface area (Å²) in [4.78, 5) is 37.2. The molecule has 2 rings (SSSR count). The highest BCUT2D eigenvalue weighted by atomic mass is 35.5. The number of methoxy groups -OCH3 is 1. The molecule has 27 heavy (non-hydrogen) atoms. The number of carbonyl (C=O) groups is 3. The Morgan fingerprint density at radius 1 is 1.48 bits per heavy atom. The van der Waals surface area contributed by atoms with E-state index >= 15 is 0 Å². The van der Waals surface area contributed by atoms with Crippen molar-refractivity contribution in [2.75, 3.05) is 7.11 Å². The van der Waals surface area contributed by atoms with Gasteiger partial charge in [0.1, 0.15) is 5.82 Å². The van der Waals surface area contributed by atoms with Crippen LogP contribution < -0.4 is 5.32 Å². The molecule has 0 spiro atoms. The van der Waals surface area contributed by atoms with Crippen LogP contribution in [0.2, 0.25) is 5.02 Å². The fourth-order valence-electron chi connectivity index (χ4n) is 3.04. The summed E-state index contributed by atoms with van der Waals surface area (Å²) < 4.78 is 19.1. The minimum atomic E-state index is -1.21. The first-order valence-electron chi connectivity index (χ1n) is 8.52. The molecule has 1 aromatic rings. The summed E-state index contributed by atoms with van der Waals surface area (Å²) in [6.45, 7) is 1.53. The topological polar surface area (TPSA) is 95.9 Å². The number of carbonyl (C=O) groups excluding carboxylic acids is 2. The van der Waals surface area contributed by atoms with Crippen molar-refractivity contribution >= 4 is 29.4 Å². The van der Waals surface area contributed by atoms with Crippen LogP contribution in [0, 0.1) is 5.82 Å². The van der Waals surface area contributed by atoms with E-state index in [2.05, 4.69) is 5.32 Å². The number of carboxylic acids is 1. The van der Waals surface area contributed by atoms with Crippen LogP contribution in [-0.4, -0.2) is 53.1 Å². The monoisotopic (exact) mass is 400 g/mol. The highest BCUT2D eigenvalue weighted by Gasteiger charge is 2.34. The van der Waals surface area contributed by atoms with Crippen molar-refractivity contribution in [3.05, 3.63) is 34.6 Å². The first-order valence-corrected chi connectivity index (χ1v) is 8.89. The molecule has 1 heterocycles. The van der Waals surface area contributed by atoms with Crippen LogP contribution >= 0.6 is 11.6 Å². The molecule has 7 nitrogen and oxygen atoms in total. The number of nitrogens with one attached hydrogen (secondary N) is 1. The highest BCUT2D eigenvalue weighted by molar-refractivity contribution is 6.30. The fourth-order valence-corrected chi connectivity index (χ4v) is 3.23. The molecule has 3 atom stereocenters. The second-order valence-electron chi connectivity index (χ2n) is 6.46. The maximum Gasteiger partial charge on any atom is 0.328 e. The number of nitrogens with zero attached hydrogens (tertiary/aromatic N) is 1. The van der Waals surface area contributed by atoms with E-state index in [0.29, 0.717) is 6.42 Å². The molecule has 0 saturated carbocycles. The second-order valence-corrected chi connectivity index (χ2v) is 6.86. The van der Waals surface area contributed by atoms with E-state index in [1.54, 1.807) is 6.07 Å². The Balaban J connectivity index is 2.06. The van der Waals surface area contributed by atoms with Gasteiger partial charge in [0.05, 0.1) is 11.1 Å². The van der Waals surface area contributed by atoms with E-state index in [1.807, 2.05) is 0 Å². The lowest BCUT2D eigenvalue weighted by Crippen LogP contribution is -2.49. The van der Waals surface area contributed by atoms with Crippen LogP contribution in [0.5, 0.6) is 0 Å². The van der Waals surface area contributed by atoms with Crippen LogP contribution in [0.4, 0.5) is 4.39 Å². The SMILES string of the molecule is CO[C@H](C)[C@H](NC(=O)C[C@@H]1CCC(=O)N1Cc1cccc(Cl)c1F)C(=O)O. The number of amides is 2. The molecule has 1 aliphatic heterocycles. The zero-order valence-corrected chi connectivity index (χ0v) is 15.8. The van der Waals surface area contributed by atoms with E-state index in [1.165, 1.54) is 31.1 Å². The largest absolute Gasteiger partial charge is 0.480 e. The zero-order chi connectivity index (χ0) is 20.1. The lowest BCUT2D eigenvalue weighted by Gasteiger charge is -2.26. The van der Waals surface area contributed by atoms with Crippen molar-refractivity contribution in [3.63, 3.8) is 0 Å². The summed E-state index contributed by atoms with van der Waals surface area (Å²) in [5, 5.41) is 11.6. The predicted octanol–water partition coefficient (Wildman–Crippen LogP) is 1.96. The molecule has 0 radical (unpaired) electrons. The summed E-state index contributed by atoms with van der Waals surface area (Å²) in [7, 11) is 1.35. The van der Waals surface area contributed by atoms with E-state index in [-0.39, 0.29) is 35.9 Å². The number of likely N-dealkylation sites (tertiary alicyclic amines) is 1. The molecular formula is C18H22ClFN2O5. The molecular weight excluding hydrogens is 379 g/mol. The Morgan fingerprint density at radius 2 is 2.19 bits per heavy atom. The number of hydrogen-bond acceptors (Lipinski definition) is 4. The van der Waals surface area contributed by atoms with E-state index in [4.69, 9.17) is 16.3 Å². The minimum Gasteiger partial charge on any atom is -0.480 e. The van der Waals surface area contributed by atoms with Gasteiger partial charge in [0.15, 0.2) is 6.04 Å². The van der Waals surface area contributed by atoms with Gasteiger partial charge in [0, 0.05) is 38.1 Å². The number of ether oxygens (including phenoxy) is 1. The maximum atomic E-state index is 14.1. The Hall–Kier alpha value is -2.19. The summed E-state index contributed by atoms with van der Waals surface area (Å²) >= 11 is 5.78. The predicted molar refractivity (Wildman–Crippen MR) is 95.6 cm³/mol. The molecule has 0 unspecified atom stereocenters. The maximum absolute atomic E-state index is 14.1. The smallest absolute Gasteiger partial charge is 0.328 e. The second kappa shape index (κ2) is 9.14. The molecule has 0 bridgehead atoms. The van der Waals surface area contributed by atoms with Gasteiger partial charge in [-0.05, 0) is 19.4 Å². The first-order chi connectivity index (χ1) is 12.7. The van der Waals surface area contributed by atoms with Gasteiger partial charge in [-0.25, -0.2) is 9.18 Å². The number of carboxylic acid groups (broad SMARTS) is 1. The number of halogens is 2. The van der Waals surface area contributed by atoms with Gasteiger partial charge in [-0.2, -0.15) is 0 Å². The normalized spacial score (nSPS) is 19.0. The molecule has 148 valence electrons. The van der Waals surface area contributed by atoms with Gasteiger partial charge in [0.2, 0.25) is 11.8 Å². The lowest BCUT2D eigenvalue weighted by molar-refractivity contribution is -0.145. The third kappa shape index (κ3) is 5.17. The summed E-state index contributed by atoms with van der Waals surface area (Å²) in [5.74, 6) is -2.50. The van der Waals surface area contributed by atoms with E-state index in [9.17, 15) is 23.9 Å². The van der Waals surface area contributed by atoms with Gasteiger partial charge in [-0.3, -0.25) is 9.59 Å². The zero-order valence-electron chi connectivity index (χ0n) is 15.1. The summed E-state index contributed by atoms with van der Waals surface area (Å²) in [5.41, 5.74) is 0.263.